The van der Waals surface area contributed by atoms with Crippen molar-refractivity contribution in [2.75, 3.05) is 13.1 Å². The Morgan fingerprint density at radius 2 is 1.87 bits per heavy atom. The second-order valence-corrected chi connectivity index (χ2v) is 6.81. The number of rotatable bonds is 6. The lowest BCUT2D eigenvalue weighted by Gasteiger charge is -2.17. The summed E-state index contributed by atoms with van der Waals surface area (Å²) in [5.74, 6) is 0.538. The molecular formula is C17H24N4O2. The van der Waals surface area contributed by atoms with Crippen LogP contribution in [0.2, 0.25) is 0 Å². The molecule has 0 saturated carbocycles. The molecule has 0 aliphatic heterocycles. The van der Waals surface area contributed by atoms with Gasteiger partial charge in [0.25, 0.3) is 0 Å². The van der Waals surface area contributed by atoms with E-state index in [0.29, 0.717) is 19.4 Å². The molecule has 0 unspecified atom stereocenters. The number of fused-ring (bicyclic) bond motifs is 1. The largest absolute Gasteiger partial charge is 0.354 e. The molecule has 0 saturated heterocycles. The molecular weight excluding hydrogens is 292 g/mol. The number of hydrogen-bond acceptors (Lipinski definition) is 3. The number of nitrogens with one attached hydrogen (secondary N) is 3. The highest BCUT2D eigenvalue weighted by Gasteiger charge is 2.16. The van der Waals surface area contributed by atoms with E-state index in [0.717, 1.165) is 16.9 Å². The van der Waals surface area contributed by atoms with Crippen LogP contribution in [0.25, 0.3) is 11.0 Å². The predicted octanol–water partition coefficient (Wildman–Crippen LogP) is 1.77. The molecule has 0 bridgehead atoms. The molecule has 0 atom stereocenters. The normalized spacial score (nSPS) is 11.4. The number of hydrogen-bond donors (Lipinski definition) is 3. The quantitative estimate of drug-likeness (QED) is 0.759. The molecule has 124 valence electrons. The van der Waals surface area contributed by atoms with Gasteiger partial charge in [0.2, 0.25) is 11.8 Å². The monoisotopic (exact) mass is 316 g/mol. The fraction of sp³-hybridized carbons (Fsp3) is 0.471. The van der Waals surface area contributed by atoms with E-state index in [9.17, 15) is 9.59 Å². The molecule has 3 N–H and O–H groups in total. The number of para-hydroxylation sites is 2. The molecule has 1 heterocycles. The Morgan fingerprint density at radius 3 is 2.57 bits per heavy atom. The minimum Gasteiger partial charge on any atom is -0.354 e. The van der Waals surface area contributed by atoms with Crippen LogP contribution in [0.5, 0.6) is 0 Å². The zero-order valence-corrected chi connectivity index (χ0v) is 13.9. The van der Waals surface area contributed by atoms with E-state index in [1.807, 2.05) is 45.0 Å². The zero-order valence-electron chi connectivity index (χ0n) is 13.9. The summed E-state index contributed by atoms with van der Waals surface area (Å²) in [6.45, 7) is 6.45. The Morgan fingerprint density at radius 1 is 1.13 bits per heavy atom. The minimum atomic E-state index is -0.191. The van der Waals surface area contributed by atoms with Gasteiger partial charge in [-0.3, -0.25) is 9.59 Å². The molecule has 6 nitrogen and oxygen atoms in total. The number of imidazole rings is 1. The van der Waals surface area contributed by atoms with Crippen LogP contribution in [-0.4, -0.2) is 34.9 Å². The third kappa shape index (κ3) is 5.73. The number of benzene rings is 1. The summed E-state index contributed by atoms with van der Waals surface area (Å²) in [5, 5.41) is 5.41. The average Bonchev–Trinajstić information content (AvgIpc) is 2.86. The fourth-order valence-corrected chi connectivity index (χ4v) is 2.23. The average molecular weight is 316 g/mol. The van der Waals surface area contributed by atoms with Gasteiger partial charge in [0.1, 0.15) is 5.82 Å². The summed E-state index contributed by atoms with van der Waals surface area (Å²) < 4.78 is 0. The standard InChI is InChI=1S/C17H24N4O2/c1-17(2,3)10-15(22)19-11-16(23)18-9-8-14-20-12-6-4-5-7-13(12)21-14/h4-7H,8-11H2,1-3H3,(H,18,23)(H,19,22)(H,20,21). The molecule has 23 heavy (non-hydrogen) atoms. The summed E-state index contributed by atoms with van der Waals surface area (Å²) in [7, 11) is 0. The second kappa shape index (κ2) is 7.26. The topological polar surface area (TPSA) is 86.9 Å². The van der Waals surface area contributed by atoms with Gasteiger partial charge in [0, 0.05) is 19.4 Å². The smallest absolute Gasteiger partial charge is 0.239 e. The molecule has 1 aromatic carbocycles. The maximum absolute atomic E-state index is 11.7. The van der Waals surface area contributed by atoms with Crippen molar-refractivity contribution in [2.45, 2.75) is 33.6 Å². The van der Waals surface area contributed by atoms with Crippen molar-refractivity contribution in [1.82, 2.24) is 20.6 Å². The van der Waals surface area contributed by atoms with Gasteiger partial charge in [-0.05, 0) is 17.5 Å². The van der Waals surface area contributed by atoms with Gasteiger partial charge in [-0.25, -0.2) is 4.98 Å². The fourth-order valence-electron chi connectivity index (χ4n) is 2.23. The highest BCUT2D eigenvalue weighted by molar-refractivity contribution is 5.84. The molecule has 2 rings (SSSR count). The Hall–Kier alpha value is -2.37. The van der Waals surface area contributed by atoms with Crippen molar-refractivity contribution >= 4 is 22.8 Å². The van der Waals surface area contributed by atoms with Crippen molar-refractivity contribution in [1.29, 1.82) is 0 Å². The van der Waals surface area contributed by atoms with E-state index in [2.05, 4.69) is 20.6 Å². The number of carbonyl (C=O) groups excluding carboxylic acids is 2. The Balaban J connectivity index is 1.69. The van der Waals surface area contributed by atoms with Gasteiger partial charge in [-0.1, -0.05) is 32.9 Å². The van der Waals surface area contributed by atoms with Gasteiger partial charge in [0.05, 0.1) is 17.6 Å². The predicted molar refractivity (Wildman–Crippen MR) is 89.9 cm³/mol. The third-order valence-corrected chi connectivity index (χ3v) is 3.26. The highest BCUT2D eigenvalue weighted by Crippen LogP contribution is 2.17. The van der Waals surface area contributed by atoms with Crippen molar-refractivity contribution in [3.63, 3.8) is 0 Å². The van der Waals surface area contributed by atoms with Gasteiger partial charge in [-0.2, -0.15) is 0 Å². The van der Waals surface area contributed by atoms with Gasteiger partial charge >= 0.3 is 0 Å². The van der Waals surface area contributed by atoms with Gasteiger partial charge in [0.15, 0.2) is 0 Å². The first-order valence-electron chi connectivity index (χ1n) is 7.80. The van der Waals surface area contributed by atoms with Crippen molar-refractivity contribution in [2.24, 2.45) is 5.41 Å². The summed E-state index contributed by atoms with van der Waals surface area (Å²) >= 11 is 0. The zero-order chi connectivity index (χ0) is 16.9. The number of carbonyl (C=O) groups is 2. The first-order valence-corrected chi connectivity index (χ1v) is 7.80. The molecule has 0 radical (unpaired) electrons. The Bertz CT molecular complexity index is 652. The number of aromatic nitrogens is 2. The van der Waals surface area contributed by atoms with E-state index < -0.39 is 0 Å². The molecule has 2 amide bonds. The number of H-pyrrole nitrogens is 1. The maximum Gasteiger partial charge on any atom is 0.239 e. The number of amides is 2. The van der Waals surface area contributed by atoms with Crippen LogP contribution in [0, 0.1) is 5.41 Å². The molecule has 0 fully saturated rings. The summed E-state index contributed by atoms with van der Waals surface area (Å²) in [6.07, 6.45) is 1.02. The van der Waals surface area contributed by atoms with Crippen LogP contribution in [0.3, 0.4) is 0 Å². The van der Waals surface area contributed by atoms with Crippen molar-refractivity contribution in [3.8, 4) is 0 Å². The molecule has 0 spiro atoms. The number of aromatic amines is 1. The lowest BCUT2D eigenvalue weighted by atomic mass is 9.92. The molecule has 2 aromatic rings. The maximum atomic E-state index is 11.7. The van der Waals surface area contributed by atoms with Crippen LogP contribution in [-0.2, 0) is 16.0 Å². The first kappa shape index (κ1) is 17.0. The number of nitrogens with zero attached hydrogens (tertiary/aromatic N) is 1. The Labute approximate surface area is 136 Å². The van der Waals surface area contributed by atoms with E-state index in [1.165, 1.54) is 0 Å². The van der Waals surface area contributed by atoms with Crippen LogP contribution in [0.15, 0.2) is 24.3 Å². The third-order valence-electron chi connectivity index (χ3n) is 3.26. The minimum absolute atomic E-state index is 0.00897. The van der Waals surface area contributed by atoms with E-state index in [1.54, 1.807) is 0 Å². The van der Waals surface area contributed by atoms with Crippen molar-refractivity contribution < 1.29 is 9.59 Å². The van der Waals surface area contributed by atoms with Crippen LogP contribution in [0.4, 0.5) is 0 Å². The van der Waals surface area contributed by atoms with E-state index >= 15 is 0 Å². The molecule has 6 heteroatoms. The first-order chi connectivity index (χ1) is 10.8. The molecule has 0 aliphatic rings. The summed E-state index contributed by atoms with van der Waals surface area (Å²) in [4.78, 5) is 31.0. The van der Waals surface area contributed by atoms with Crippen LogP contribution < -0.4 is 10.6 Å². The van der Waals surface area contributed by atoms with E-state index in [-0.39, 0.29) is 23.8 Å². The van der Waals surface area contributed by atoms with E-state index in [4.69, 9.17) is 0 Å². The van der Waals surface area contributed by atoms with Crippen molar-refractivity contribution in [3.05, 3.63) is 30.1 Å². The highest BCUT2D eigenvalue weighted by atomic mass is 16.2. The summed E-state index contributed by atoms with van der Waals surface area (Å²) in [5.41, 5.74) is 1.83. The molecule has 0 aliphatic carbocycles. The molecule has 1 aromatic heterocycles. The summed E-state index contributed by atoms with van der Waals surface area (Å²) in [6, 6.07) is 7.80. The van der Waals surface area contributed by atoms with Crippen LogP contribution in [0.1, 0.15) is 33.0 Å². The van der Waals surface area contributed by atoms with Gasteiger partial charge < -0.3 is 15.6 Å². The Kier molecular flexibility index (Phi) is 5.36. The lowest BCUT2D eigenvalue weighted by molar-refractivity contribution is -0.127. The lowest BCUT2D eigenvalue weighted by Crippen LogP contribution is -2.38. The van der Waals surface area contributed by atoms with Gasteiger partial charge in [-0.15, -0.1) is 0 Å². The van der Waals surface area contributed by atoms with Crippen LogP contribution >= 0.6 is 0 Å². The second-order valence-electron chi connectivity index (χ2n) is 6.81. The SMILES string of the molecule is CC(C)(C)CC(=O)NCC(=O)NCCc1nc2ccccc2[nH]1.